The zero-order chi connectivity index (χ0) is 22.9. The Kier molecular flexibility index (Phi) is 6.10. The van der Waals surface area contributed by atoms with Crippen LogP contribution in [0.15, 0.2) is 77.7 Å². The van der Waals surface area contributed by atoms with E-state index in [1.54, 1.807) is 49.6 Å². The number of sulfonamides is 1. The first-order chi connectivity index (χ1) is 15.3. The predicted molar refractivity (Wildman–Crippen MR) is 130 cm³/mol. The van der Waals surface area contributed by atoms with Gasteiger partial charge >= 0.3 is 0 Å². The maximum absolute atomic E-state index is 12.9. The van der Waals surface area contributed by atoms with Crippen molar-refractivity contribution in [1.82, 2.24) is 0 Å². The third-order valence-electron chi connectivity index (χ3n) is 4.93. The van der Waals surface area contributed by atoms with E-state index >= 15 is 0 Å². The molecule has 0 bridgehead atoms. The van der Waals surface area contributed by atoms with Crippen LogP contribution in [0.5, 0.6) is 5.75 Å². The Hall–Kier alpha value is -3.07. The van der Waals surface area contributed by atoms with Crippen molar-refractivity contribution in [3.8, 4) is 5.75 Å². The molecule has 6 nitrogen and oxygen atoms in total. The van der Waals surface area contributed by atoms with E-state index in [9.17, 15) is 13.2 Å². The zero-order valence-electron chi connectivity index (χ0n) is 17.2. The maximum Gasteiger partial charge on any atom is 0.267 e. The molecule has 0 spiro atoms. The molecule has 0 saturated carbocycles. The van der Waals surface area contributed by atoms with E-state index < -0.39 is 10.0 Å². The minimum absolute atomic E-state index is 0.119. The van der Waals surface area contributed by atoms with Crippen LogP contribution < -0.4 is 14.4 Å². The molecule has 0 aliphatic carbocycles. The number of para-hydroxylation sites is 1. The van der Waals surface area contributed by atoms with E-state index in [1.165, 1.54) is 34.8 Å². The summed E-state index contributed by atoms with van der Waals surface area (Å²) in [7, 11) is -0.657. The largest absolute Gasteiger partial charge is 0.497 e. The smallest absolute Gasteiger partial charge is 0.267 e. The Bertz CT molecular complexity index is 1390. The van der Waals surface area contributed by atoms with E-state index in [2.05, 4.69) is 5.32 Å². The minimum Gasteiger partial charge on any atom is -0.497 e. The standard InChI is InChI=1S/C23H19ClN2O4S2/c1-26(16-6-4-3-5-7-16)32(28,29)18-11-8-15(9-12-18)25-23(27)22-21(24)19-13-10-17(30-2)14-20(19)31-22/h3-14H,1-2H3,(H,25,27). The number of methoxy groups -OCH3 is 1. The van der Waals surface area contributed by atoms with Crippen LogP contribution in [-0.2, 0) is 10.0 Å². The summed E-state index contributed by atoms with van der Waals surface area (Å²) >= 11 is 7.68. The molecule has 0 fully saturated rings. The van der Waals surface area contributed by atoms with E-state index in [4.69, 9.17) is 16.3 Å². The van der Waals surface area contributed by atoms with Crippen LogP contribution in [0, 0.1) is 0 Å². The van der Waals surface area contributed by atoms with Gasteiger partial charge in [0.05, 0.1) is 22.7 Å². The number of benzene rings is 3. The fraction of sp³-hybridized carbons (Fsp3) is 0.0870. The van der Waals surface area contributed by atoms with Crippen molar-refractivity contribution in [3.05, 3.63) is 82.7 Å². The lowest BCUT2D eigenvalue weighted by atomic mass is 10.2. The Morgan fingerprint density at radius 2 is 1.72 bits per heavy atom. The second-order valence-electron chi connectivity index (χ2n) is 6.89. The number of nitrogens with one attached hydrogen (secondary N) is 1. The average Bonchev–Trinajstić information content (AvgIpc) is 3.15. The molecule has 0 saturated heterocycles. The average molecular weight is 487 g/mol. The molecule has 0 atom stereocenters. The molecule has 32 heavy (non-hydrogen) atoms. The van der Waals surface area contributed by atoms with E-state index in [-0.39, 0.29) is 10.8 Å². The summed E-state index contributed by atoms with van der Waals surface area (Å²) < 4.78 is 33.1. The lowest BCUT2D eigenvalue weighted by Gasteiger charge is -2.19. The molecule has 0 unspecified atom stereocenters. The van der Waals surface area contributed by atoms with Crippen molar-refractivity contribution < 1.29 is 17.9 Å². The van der Waals surface area contributed by atoms with Gasteiger partial charge in [0.2, 0.25) is 0 Å². The van der Waals surface area contributed by atoms with Gasteiger partial charge in [0.15, 0.2) is 0 Å². The molecule has 4 rings (SSSR count). The molecule has 0 aliphatic heterocycles. The summed E-state index contributed by atoms with van der Waals surface area (Å²) in [6, 6.07) is 20.2. The summed E-state index contributed by atoms with van der Waals surface area (Å²) in [5.74, 6) is 0.312. The van der Waals surface area contributed by atoms with Crippen molar-refractivity contribution in [1.29, 1.82) is 0 Å². The molecule has 3 aromatic carbocycles. The van der Waals surface area contributed by atoms with Crippen molar-refractivity contribution >= 4 is 60.3 Å². The van der Waals surface area contributed by atoms with Crippen molar-refractivity contribution in [3.63, 3.8) is 0 Å². The van der Waals surface area contributed by atoms with Crippen molar-refractivity contribution in [2.45, 2.75) is 4.90 Å². The van der Waals surface area contributed by atoms with Crippen LogP contribution in [0.1, 0.15) is 9.67 Å². The molecule has 0 aliphatic rings. The quantitative estimate of drug-likeness (QED) is 0.382. The van der Waals surface area contributed by atoms with Gasteiger partial charge in [-0.2, -0.15) is 0 Å². The van der Waals surface area contributed by atoms with Crippen LogP contribution in [-0.4, -0.2) is 28.5 Å². The fourth-order valence-electron chi connectivity index (χ4n) is 3.15. The van der Waals surface area contributed by atoms with E-state index in [0.717, 1.165) is 10.1 Å². The Balaban J connectivity index is 1.54. The Morgan fingerprint density at radius 1 is 1.03 bits per heavy atom. The van der Waals surface area contributed by atoms with E-state index in [0.29, 0.717) is 27.0 Å². The number of carbonyl (C=O) groups is 1. The van der Waals surface area contributed by atoms with Crippen LogP contribution in [0.2, 0.25) is 5.02 Å². The second-order valence-corrected chi connectivity index (χ2v) is 10.3. The fourth-order valence-corrected chi connectivity index (χ4v) is 5.79. The predicted octanol–water partition coefficient (Wildman–Crippen LogP) is 5.64. The second kappa shape index (κ2) is 8.82. The van der Waals surface area contributed by atoms with Gasteiger partial charge in [0.25, 0.3) is 15.9 Å². The highest BCUT2D eigenvalue weighted by molar-refractivity contribution is 7.92. The van der Waals surface area contributed by atoms with Crippen molar-refractivity contribution in [2.75, 3.05) is 23.8 Å². The topological polar surface area (TPSA) is 75.7 Å². The third kappa shape index (κ3) is 4.17. The third-order valence-corrected chi connectivity index (χ3v) is 8.39. The van der Waals surface area contributed by atoms with Gasteiger partial charge in [-0.05, 0) is 54.6 Å². The first-order valence-electron chi connectivity index (χ1n) is 9.52. The minimum atomic E-state index is -3.73. The highest BCUT2D eigenvalue weighted by Crippen LogP contribution is 2.37. The maximum atomic E-state index is 12.9. The first kappa shape index (κ1) is 22.1. The number of anilines is 2. The SMILES string of the molecule is COc1ccc2c(Cl)c(C(=O)Nc3ccc(S(=O)(=O)N(C)c4ccccc4)cc3)sc2c1. The molecule has 9 heteroatoms. The molecule has 164 valence electrons. The summed E-state index contributed by atoms with van der Waals surface area (Å²) in [5.41, 5.74) is 1.02. The van der Waals surface area contributed by atoms with Gasteiger partial charge in [-0.1, -0.05) is 29.8 Å². The molecular weight excluding hydrogens is 468 g/mol. The molecule has 1 N–H and O–H groups in total. The Labute approximate surface area is 195 Å². The van der Waals surface area contributed by atoms with E-state index in [1.807, 2.05) is 18.2 Å². The summed E-state index contributed by atoms with van der Waals surface area (Å²) in [4.78, 5) is 13.3. The van der Waals surface area contributed by atoms with Crippen molar-refractivity contribution in [2.24, 2.45) is 0 Å². The number of fused-ring (bicyclic) bond motifs is 1. The number of halogens is 1. The lowest BCUT2D eigenvalue weighted by molar-refractivity contribution is 0.103. The summed E-state index contributed by atoms with van der Waals surface area (Å²) in [6.07, 6.45) is 0. The molecule has 1 heterocycles. The van der Waals surface area contributed by atoms with Gasteiger partial charge in [0.1, 0.15) is 10.6 Å². The summed E-state index contributed by atoms with van der Waals surface area (Å²) in [6.45, 7) is 0. The van der Waals surface area contributed by atoms with Gasteiger partial charge in [0, 0.05) is 22.8 Å². The van der Waals surface area contributed by atoms with Gasteiger partial charge < -0.3 is 10.1 Å². The number of rotatable bonds is 6. The monoisotopic (exact) mass is 486 g/mol. The zero-order valence-corrected chi connectivity index (χ0v) is 19.6. The van der Waals surface area contributed by atoms with Crippen LogP contribution in [0.25, 0.3) is 10.1 Å². The number of thiophene rings is 1. The first-order valence-corrected chi connectivity index (χ1v) is 12.2. The summed E-state index contributed by atoms with van der Waals surface area (Å²) in [5, 5.41) is 3.92. The number of hydrogen-bond acceptors (Lipinski definition) is 5. The molecule has 4 aromatic rings. The van der Waals surface area contributed by atoms with Gasteiger partial charge in [-0.25, -0.2) is 8.42 Å². The van der Waals surface area contributed by atoms with Crippen LogP contribution >= 0.6 is 22.9 Å². The number of carbonyl (C=O) groups excluding carboxylic acids is 1. The molecule has 1 amide bonds. The lowest BCUT2D eigenvalue weighted by Crippen LogP contribution is -2.26. The van der Waals surface area contributed by atoms with Crippen LogP contribution in [0.4, 0.5) is 11.4 Å². The number of ether oxygens (including phenoxy) is 1. The molecule has 1 aromatic heterocycles. The normalized spacial score (nSPS) is 11.3. The Morgan fingerprint density at radius 3 is 2.38 bits per heavy atom. The molecular formula is C23H19ClN2O4S2. The number of nitrogens with zero attached hydrogens (tertiary/aromatic N) is 1. The molecule has 0 radical (unpaired) electrons. The number of hydrogen-bond donors (Lipinski definition) is 1. The van der Waals surface area contributed by atoms with Crippen LogP contribution in [0.3, 0.4) is 0 Å². The highest BCUT2D eigenvalue weighted by atomic mass is 35.5. The number of amides is 1. The van der Waals surface area contributed by atoms with Gasteiger partial charge in [-0.3, -0.25) is 9.10 Å². The van der Waals surface area contributed by atoms with Gasteiger partial charge in [-0.15, -0.1) is 11.3 Å². The highest BCUT2D eigenvalue weighted by Gasteiger charge is 2.22.